The van der Waals surface area contributed by atoms with Crippen LogP contribution in [0, 0.1) is 0 Å². The third kappa shape index (κ3) is 4.88. The van der Waals surface area contributed by atoms with Crippen LogP contribution >= 0.6 is 0 Å². The van der Waals surface area contributed by atoms with Crippen molar-refractivity contribution in [1.29, 1.82) is 0 Å². The summed E-state index contributed by atoms with van der Waals surface area (Å²) in [5.74, 6) is -0.0402. The van der Waals surface area contributed by atoms with Crippen LogP contribution in [0.3, 0.4) is 0 Å². The van der Waals surface area contributed by atoms with Gasteiger partial charge in [0, 0.05) is 24.4 Å². The van der Waals surface area contributed by atoms with Gasteiger partial charge in [0.2, 0.25) is 5.88 Å². The molecule has 2 aliphatic rings. The van der Waals surface area contributed by atoms with Crippen LogP contribution in [0.4, 0.5) is 13.2 Å². The highest BCUT2D eigenvalue weighted by Gasteiger charge is 2.35. The molecule has 2 aliphatic heterocycles. The van der Waals surface area contributed by atoms with E-state index in [1.165, 1.54) is 6.07 Å². The summed E-state index contributed by atoms with van der Waals surface area (Å²) in [5.41, 5.74) is 1.95. The van der Waals surface area contributed by atoms with Crippen LogP contribution in [0.2, 0.25) is 0 Å². The predicted molar refractivity (Wildman–Crippen MR) is 121 cm³/mol. The summed E-state index contributed by atoms with van der Waals surface area (Å²) < 4.78 is 51.6. The number of alkyl halides is 3. The summed E-state index contributed by atoms with van der Waals surface area (Å²) >= 11 is 0. The van der Waals surface area contributed by atoms with Crippen molar-refractivity contribution in [3.05, 3.63) is 65.5 Å². The van der Waals surface area contributed by atoms with Gasteiger partial charge in [0.05, 0.1) is 42.6 Å². The first-order valence-corrected chi connectivity index (χ1v) is 11.6. The van der Waals surface area contributed by atoms with Crippen LogP contribution in [0.15, 0.2) is 48.7 Å². The van der Waals surface area contributed by atoms with Gasteiger partial charge in [-0.15, -0.1) is 0 Å². The molecule has 1 aromatic carbocycles. The average molecular weight is 486 g/mol. The minimum Gasteiger partial charge on any atom is -0.475 e. The monoisotopic (exact) mass is 486 g/mol. The fourth-order valence-corrected chi connectivity index (χ4v) is 4.57. The Morgan fingerprint density at radius 1 is 1.11 bits per heavy atom. The molecule has 4 heterocycles. The first-order valence-electron chi connectivity index (χ1n) is 11.6. The van der Waals surface area contributed by atoms with E-state index in [1.54, 1.807) is 4.90 Å². The Morgan fingerprint density at radius 3 is 2.69 bits per heavy atom. The van der Waals surface area contributed by atoms with Crippen LogP contribution in [-0.4, -0.2) is 51.4 Å². The number of pyridine rings is 1. The van der Waals surface area contributed by atoms with Crippen LogP contribution in [0.25, 0.3) is 11.3 Å². The van der Waals surface area contributed by atoms with E-state index in [0.717, 1.165) is 42.8 Å². The SMILES string of the molecule is O=C(c1c(-c2ccccc2)nn2c1COCC2)N1CCCC[C@H]1COc1ccc(C(F)(F)F)cn1. The molecule has 1 atom stereocenters. The summed E-state index contributed by atoms with van der Waals surface area (Å²) in [4.78, 5) is 19.5. The molecule has 184 valence electrons. The van der Waals surface area contributed by atoms with Gasteiger partial charge in [-0.25, -0.2) is 4.98 Å². The Labute approximate surface area is 200 Å². The third-order valence-electron chi connectivity index (χ3n) is 6.38. The van der Waals surface area contributed by atoms with Gasteiger partial charge in [-0.05, 0) is 25.3 Å². The molecular formula is C25H25F3N4O3. The molecule has 0 N–H and O–H groups in total. The second-order valence-corrected chi connectivity index (χ2v) is 8.65. The van der Waals surface area contributed by atoms with E-state index in [2.05, 4.69) is 4.98 Å². The van der Waals surface area contributed by atoms with E-state index in [-0.39, 0.29) is 24.4 Å². The van der Waals surface area contributed by atoms with Crippen LogP contribution in [0.1, 0.15) is 40.9 Å². The molecule has 2 aromatic heterocycles. The number of hydrogen-bond acceptors (Lipinski definition) is 5. The zero-order valence-electron chi connectivity index (χ0n) is 19.0. The lowest BCUT2D eigenvalue weighted by molar-refractivity contribution is -0.137. The van der Waals surface area contributed by atoms with Gasteiger partial charge < -0.3 is 14.4 Å². The summed E-state index contributed by atoms with van der Waals surface area (Å²) in [6, 6.07) is 11.5. The van der Waals surface area contributed by atoms with E-state index in [4.69, 9.17) is 14.6 Å². The van der Waals surface area contributed by atoms with Crippen molar-refractivity contribution in [2.75, 3.05) is 19.8 Å². The van der Waals surface area contributed by atoms with Gasteiger partial charge in [-0.3, -0.25) is 9.48 Å². The summed E-state index contributed by atoms with van der Waals surface area (Å²) in [5, 5.41) is 4.74. The zero-order valence-corrected chi connectivity index (χ0v) is 19.0. The highest BCUT2D eigenvalue weighted by Crippen LogP contribution is 2.32. The lowest BCUT2D eigenvalue weighted by Gasteiger charge is -2.35. The number of benzene rings is 1. The summed E-state index contributed by atoms with van der Waals surface area (Å²) in [7, 11) is 0. The molecule has 1 amide bonds. The van der Waals surface area contributed by atoms with Crippen LogP contribution in [0.5, 0.6) is 5.88 Å². The van der Waals surface area contributed by atoms with Crippen LogP contribution < -0.4 is 4.74 Å². The summed E-state index contributed by atoms with van der Waals surface area (Å²) in [6.45, 7) is 2.13. The molecular weight excluding hydrogens is 461 g/mol. The maximum absolute atomic E-state index is 13.9. The van der Waals surface area contributed by atoms with Gasteiger partial charge in [-0.1, -0.05) is 30.3 Å². The number of hydrogen-bond donors (Lipinski definition) is 0. The molecule has 3 aromatic rings. The third-order valence-corrected chi connectivity index (χ3v) is 6.38. The molecule has 0 radical (unpaired) electrons. The normalized spacial score (nSPS) is 18.3. The van der Waals surface area contributed by atoms with Crippen molar-refractivity contribution in [1.82, 2.24) is 19.7 Å². The number of ether oxygens (including phenoxy) is 2. The number of halogens is 3. The zero-order chi connectivity index (χ0) is 24.4. The minimum atomic E-state index is -4.46. The molecule has 0 aliphatic carbocycles. The van der Waals surface area contributed by atoms with Crippen molar-refractivity contribution in [3.63, 3.8) is 0 Å². The van der Waals surface area contributed by atoms with Gasteiger partial charge in [-0.2, -0.15) is 18.3 Å². The number of rotatable bonds is 5. The van der Waals surface area contributed by atoms with Crippen molar-refractivity contribution >= 4 is 5.91 Å². The maximum atomic E-state index is 13.9. The number of fused-ring (bicyclic) bond motifs is 1. The minimum absolute atomic E-state index is 0.0947. The Morgan fingerprint density at radius 2 is 1.94 bits per heavy atom. The Hall–Kier alpha value is -3.40. The number of aromatic nitrogens is 3. The van der Waals surface area contributed by atoms with E-state index in [0.29, 0.717) is 37.6 Å². The van der Waals surface area contributed by atoms with Gasteiger partial charge in [0.1, 0.15) is 12.3 Å². The number of likely N-dealkylation sites (tertiary alicyclic amines) is 1. The van der Waals surface area contributed by atoms with Crippen molar-refractivity contribution in [2.45, 2.75) is 44.6 Å². The smallest absolute Gasteiger partial charge is 0.417 e. The van der Waals surface area contributed by atoms with E-state index >= 15 is 0 Å². The van der Waals surface area contributed by atoms with Gasteiger partial charge >= 0.3 is 6.18 Å². The number of carbonyl (C=O) groups is 1. The maximum Gasteiger partial charge on any atom is 0.417 e. The number of nitrogens with zero attached hydrogens (tertiary/aromatic N) is 4. The van der Waals surface area contributed by atoms with Crippen molar-refractivity contribution in [2.24, 2.45) is 0 Å². The molecule has 7 nitrogen and oxygen atoms in total. The van der Waals surface area contributed by atoms with Crippen LogP contribution in [-0.2, 0) is 24.1 Å². The molecule has 0 saturated carbocycles. The standard InChI is InChI=1S/C25H25F3N4O3/c26-25(27,28)18-9-10-21(29-14-18)35-15-19-8-4-5-11-31(19)24(33)22-20-16-34-13-12-32(20)30-23(22)17-6-2-1-3-7-17/h1-3,6-7,9-10,14,19H,4-5,8,11-13,15-16H2/t19-/m0/s1. The van der Waals surface area contributed by atoms with E-state index < -0.39 is 11.7 Å². The number of carbonyl (C=O) groups excluding carboxylic acids is 1. The van der Waals surface area contributed by atoms with Crippen molar-refractivity contribution < 1.29 is 27.4 Å². The Balaban J connectivity index is 1.39. The van der Waals surface area contributed by atoms with E-state index in [9.17, 15) is 18.0 Å². The van der Waals surface area contributed by atoms with E-state index in [1.807, 2.05) is 35.0 Å². The lowest BCUT2D eigenvalue weighted by Crippen LogP contribution is -2.47. The quantitative estimate of drug-likeness (QED) is 0.529. The van der Waals surface area contributed by atoms with Gasteiger partial charge in [0.25, 0.3) is 5.91 Å². The highest BCUT2D eigenvalue weighted by molar-refractivity contribution is 6.01. The second-order valence-electron chi connectivity index (χ2n) is 8.65. The summed E-state index contributed by atoms with van der Waals surface area (Å²) in [6.07, 6.45) is -1.18. The molecule has 10 heteroatoms. The molecule has 0 spiro atoms. The predicted octanol–water partition coefficient (Wildman–Crippen LogP) is 4.57. The molecule has 1 saturated heterocycles. The Kier molecular flexibility index (Phi) is 6.46. The molecule has 0 unspecified atom stereocenters. The lowest BCUT2D eigenvalue weighted by atomic mass is 9.99. The van der Waals surface area contributed by atoms with Gasteiger partial charge in [0.15, 0.2) is 0 Å². The largest absolute Gasteiger partial charge is 0.475 e. The Bertz CT molecular complexity index is 1180. The first-order chi connectivity index (χ1) is 16.9. The topological polar surface area (TPSA) is 69.5 Å². The number of piperidine rings is 1. The molecule has 0 bridgehead atoms. The highest BCUT2D eigenvalue weighted by atomic mass is 19.4. The second kappa shape index (κ2) is 9.69. The molecule has 1 fully saturated rings. The fourth-order valence-electron chi connectivity index (χ4n) is 4.57. The first kappa shape index (κ1) is 23.3. The number of amides is 1. The fraction of sp³-hybridized carbons (Fsp3) is 0.400. The molecule has 35 heavy (non-hydrogen) atoms. The molecule has 5 rings (SSSR count). The van der Waals surface area contributed by atoms with Crippen molar-refractivity contribution in [3.8, 4) is 17.1 Å². The average Bonchev–Trinajstić information content (AvgIpc) is 3.27.